The summed E-state index contributed by atoms with van der Waals surface area (Å²) in [5.74, 6) is 0.136. The molecule has 1 aliphatic rings. The van der Waals surface area contributed by atoms with Crippen molar-refractivity contribution in [3.63, 3.8) is 0 Å². The molecule has 3 aromatic carbocycles. The minimum atomic E-state index is -0.740. The fourth-order valence-electron chi connectivity index (χ4n) is 3.83. The Morgan fingerprint density at radius 2 is 1.90 bits per heavy atom. The molecule has 0 saturated carbocycles. The molecule has 4 aromatic rings. The number of hydrogen-bond donors (Lipinski definition) is 0. The molecule has 0 N–H and O–H groups in total. The molecule has 0 bridgehead atoms. The van der Waals surface area contributed by atoms with Crippen LogP contribution < -0.4 is 9.64 Å². The second-order valence-electron chi connectivity index (χ2n) is 7.04. The van der Waals surface area contributed by atoms with E-state index in [-0.39, 0.29) is 5.91 Å². The molecule has 154 valence electrons. The van der Waals surface area contributed by atoms with Crippen LogP contribution in [0.15, 0.2) is 65.8 Å². The third-order valence-corrected chi connectivity index (χ3v) is 5.95. The fraction of sp³-hybridized carbons (Fsp3) is 0.130. The zero-order chi connectivity index (χ0) is 21.5. The molecule has 1 atom stereocenters. The number of benzene rings is 3. The summed E-state index contributed by atoms with van der Waals surface area (Å²) in [5, 5.41) is 11.6. The Hall–Kier alpha value is -3.16. The molecular weight excluding hydrogens is 432 g/mol. The van der Waals surface area contributed by atoms with E-state index in [2.05, 4.69) is 15.2 Å². The summed E-state index contributed by atoms with van der Waals surface area (Å²) in [6.45, 7) is 1.52. The molecule has 0 aliphatic carbocycles. The van der Waals surface area contributed by atoms with Crippen molar-refractivity contribution in [2.24, 2.45) is 0 Å². The average Bonchev–Trinajstić information content (AvgIpc) is 2.92. The van der Waals surface area contributed by atoms with Crippen molar-refractivity contribution in [3.05, 3.63) is 71.2 Å². The van der Waals surface area contributed by atoms with Crippen molar-refractivity contribution < 1.29 is 9.53 Å². The predicted molar refractivity (Wildman–Crippen MR) is 123 cm³/mol. The van der Waals surface area contributed by atoms with Gasteiger partial charge in [0.25, 0.3) is 0 Å². The predicted octanol–water partition coefficient (Wildman–Crippen LogP) is 5.51. The number of hydrogen-bond acceptors (Lipinski definition) is 6. The smallest absolute Gasteiger partial charge is 0.247 e. The molecule has 2 heterocycles. The van der Waals surface area contributed by atoms with Crippen LogP contribution in [-0.4, -0.2) is 27.3 Å². The lowest BCUT2D eigenvalue weighted by Crippen LogP contribution is -2.36. The molecule has 8 heteroatoms. The Morgan fingerprint density at radius 1 is 1.10 bits per heavy atom. The highest BCUT2D eigenvalue weighted by Gasteiger charge is 2.35. The van der Waals surface area contributed by atoms with Gasteiger partial charge in [-0.15, -0.1) is 10.2 Å². The highest BCUT2D eigenvalue weighted by Crippen LogP contribution is 2.45. The third-order valence-electron chi connectivity index (χ3n) is 5.18. The molecule has 1 aliphatic heterocycles. The van der Waals surface area contributed by atoms with E-state index in [1.54, 1.807) is 23.1 Å². The summed E-state index contributed by atoms with van der Waals surface area (Å²) in [5.41, 5.74) is 2.59. The van der Waals surface area contributed by atoms with Crippen LogP contribution in [0.4, 0.5) is 5.69 Å². The SMILES string of the molecule is CSc1nnc2c(n1)O[C@H](c1cccc3ccccc13)N(C(C)=O)c1ccc(Cl)cc1-2. The zero-order valence-corrected chi connectivity index (χ0v) is 18.3. The number of fused-ring (bicyclic) bond motifs is 4. The third kappa shape index (κ3) is 3.40. The Balaban J connectivity index is 1.82. The van der Waals surface area contributed by atoms with Gasteiger partial charge in [0.1, 0.15) is 0 Å². The van der Waals surface area contributed by atoms with Crippen LogP contribution in [0.3, 0.4) is 0 Å². The normalized spacial score (nSPS) is 15.1. The molecule has 5 rings (SSSR count). The number of carbonyl (C=O) groups is 1. The van der Waals surface area contributed by atoms with Crippen molar-refractivity contribution in [1.82, 2.24) is 15.2 Å². The van der Waals surface area contributed by atoms with Gasteiger partial charge in [0.15, 0.2) is 5.69 Å². The fourth-order valence-corrected chi connectivity index (χ4v) is 4.30. The van der Waals surface area contributed by atoms with Crippen molar-refractivity contribution >= 4 is 45.7 Å². The highest BCUT2D eigenvalue weighted by molar-refractivity contribution is 7.98. The van der Waals surface area contributed by atoms with Crippen molar-refractivity contribution in [2.45, 2.75) is 18.3 Å². The number of anilines is 1. The highest BCUT2D eigenvalue weighted by atomic mass is 35.5. The monoisotopic (exact) mass is 448 g/mol. The van der Waals surface area contributed by atoms with Crippen LogP contribution in [0.25, 0.3) is 22.0 Å². The first kappa shape index (κ1) is 19.8. The maximum atomic E-state index is 12.9. The van der Waals surface area contributed by atoms with Gasteiger partial charge in [0, 0.05) is 23.1 Å². The Kier molecular flexibility index (Phi) is 5.00. The summed E-state index contributed by atoms with van der Waals surface area (Å²) < 4.78 is 6.42. The molecule has 31 heavy (non-hydrogen) atoms. The number of halogens is 1. The first-order valence-electron chi connectivity index (χ1n) is 9.59. The van der Waals surface area contributed by atoms with Crippen LogP contribution in [0.2, 0.25) is 5.02 Å². The number of carbonyl (C=O) groups excluding carboxylic acids is 1. The average molecular weight is 449 g/mol. The van der Waals surface area contributed by atoms with E-state index in [9.17, 15) is 4.79 Å². The lowest BCUT2D eigenvalue weighted by molar-refractivity contribution is -0.118. The summed E-state index contributed by atoms with van der Waals surface area (Å²) in [6, 6.07) is 19.3. The summed E-state index contributed by atoms with van der Waals surface area (Å²) >= 11 is 7.67. The molecule has 1 amide bonds. The van der Waals surface area contributed by atoms with E-state index < -0.39 is 6.23 Å². The number of nitrogens with zero attached hydrogens (tertiary/aromatic N) is 4. The van der Waals surface area contributed by atoms with Crippen LogP contribution in [-0.2, 0) is 4.79 Å². The van der Waals surface area contributed by atoms with E-state index in [0.29, 0.717) is 33.0 Å². The molecule has 0 radical (unpaired) electrons. The Morgan fingerprint density at radius 3 is 2.71 bits per heavy atom. The molecule has 0 unspecified atom stereocenters. The molecule has 1 aromatic heterocycles. The van der Waals surface area contributed by atoms with E-state index in [4.69, 9.17) is 16.3 Å². The summed E-state index contributed by atoms with van der Waals surface area (Å²) in [7, 11) is 0. The number of ether oxygens (including phenoxy) is 1. The van der Waals surface area contributed by atoms with E-state index in [1.165, 1.54) is 18.7 Å². The second kappa shape index (κ2) is 7.83. The number of amides is 1. The Labute approximate surface area is 188 Å². The van der Waals surface area contributed by atoms with Crippen LogP contribution in [0.5, 0.6) is 5.88 Å². The van der Waals surface area contributed by atoms with Gasteiger partial charge in [-0.2, -0.15) is 4.98 Å². The topological polar surface area (TPSA) is 68.2 Å². The molecule has 0 spiro atoms. The maximum Gasteiger partial charge on any atom is 0.247 e. The van der Waals surface area contributed by atoms with Crippen LogP contribution in [0.1, 0.15) is 18.7 Å². The van der Waals surface area contributed by atoms with Gasteiger partial charge in [-0.1, -0.05) is 65.8 Å². The minimum Gasteiger partial charge on any atom is -0.447 e. The number of aromatic nitrogens is 3. The first-order chi connectivity index (χ1) is 15.1. The Bertz CT molecular complexity index is 1320. The summed E-state index contributed by atoms with van der Waals surface area (Å²) in [6.07, 6.45) is 1.13. The first-order valence-corrected chi connectivity index (χ1v) is 11.2. The number of rotatable bonds is 2. The van der Waals surface area contributed by atoms with Gasteiger partial charge in [-0.25, -0.2) is 0 Å². The van der Waals surface area contributed by atoms with Gasteiger partial charge < -0.3 is 4.74 Å². The molecule has 0 saturated heterocycles. The van der Waals surface area contributed by atoms with Crippen molar-refractivity contribution in [2.75, 3.05) is 11.2 Å². The van der Waals surface area contributed by atoms with Gasteiger partial charge in [-0.05, 0) is 35.2 Å². The molecular formula is C23H17ClN4O2S. The van der Waals surface area contributed by atoms with Crippen LogP contribution >= 0.6 is 23.4 Å². The molecule has 0 fully saturated rings. The lowest BCUT2D eigenvalue weighted by Gasteiger charge is -2.30. The minimum absolute atomic E-state index is 0.174. The second-order valence-corrected chi connectivity index (χ2v) is 8.25. The van der Waals surface area contributed by atoms with Crippen LogP contribution in [0, 0.1) is 0 Å². The number of thioether (sulfide) groups is 1. The molecule has 6 nitrogen and oxygen atoms in total. The van der Waals surface area contributed by atoms with E-state index >= 15 is 0 Å². The van der Waals surface area contributed by atoms with Gasteiger partial charge in [0.2, 0.25) is 23.2 Å². The van der Waals surface area contributed by atoms with Crippen molar-refractivity contribution in [3.8, 4) is 17.1 Å². The van der Waals surface area contributed by atoms with Gasteiger partial charge in [0.05, 0.1) is 5.69 Å². The quantitative estimate of drug-likeness (QED) is 0.376. The maximum absolute atomic E-state index is 12.9. The van der Waals surface area contributed by atoms with E-state index in [0.717, 1.165) is 16.3 Å². The van der Waals surface area contributed by atoms with Crippen molar-refractivity contribution in [1.29, 1.82) is 0 Å². The van der Waals surface area contributed by atoms with Gasteiger partial charge >= 0.3 is 0 Å². The lowest BCUT2D eigenvalue weighted by atomic mass is 10.0. The summed E-state index contributed by atoms with van der Waals surface area (Å²) in [4.78, 5) is 19.1. The zero-order valence-electron chi connectivity index (χ0n) is 16.7. The largest absolute Gasteiger partial charge is 0.447 e. The standard InChI is InChI=1S/C23H17ClN4O2S/c1-13(29)28-19-11-10-15(24)12-18(19)20-21(25-23(31-2)27-26-20)30-22(28)17-9-5-7-14-6-3-4-8-16(14)17/h3-12,22H,1-2H3/t22-/m1/s1. The van der Waals surface area contributed by atoms with Gasteiger partial charge in [-0.3, -0.25) is 9.69 Å². The van der Waals surface area contributed by atoms with E-state index in [1.807, 2.05) is 48.7 Å².